The Bertz CT molecular complexity index is 977. The van der Waals surface area contributed by atoms with Crippen molar-refractivity contribution in [3.63, 3.8) is 0 Å². The number of aromatic nitrogens is 2. The molecule has 2 aromatic rings. The Labute approximate surface area is 196 Å². The van der Waals surface area contributed by atoms with Crippen LogP contribution < -0.4 is 10.1 Å². The first kappa shape index (κ1) is 26.7. The average molecular weight is 488 g/mol. The number of carbonyl (C=O) groups is 1. The van der Waals surface area contributed by atoms with Gasteiger partial charge in [-0.3, -0.25) is 0 Å². The fraction of sp³-hybridized carbons (Fsp3) is 0.522. The van der Waals surface area contributed by atoms with Crippen LogP contribution in [0.15, 0.2) is 30.6 Å². The minimum atomic E-state index is -4.68. The minimum Gasteiger partial charge on any atom is -0.489 e. The Morgan fingerprint density at radius 2 is 1.79 bits per heavy atom. The Kier molecular flexibility index (Phi) is 8.22. The molecular formula is C23H29ClF3N3O3. The summed E-state index contributed by atoms with van der Waals surface area (Å²) in [6.07, 6.45) is -3.78. The highest BCUT2D eigenvalue weighted by atomic mass is 35.5. The van der Waals surface area contributed by atoms with E-state index in [0.717, 1.165) is 6.07 Å². The van der Waals surface area contributed by atoms with E-state index in [1.165, 1.54) is 24.5 Å². The first-order chi connectivity index (χ1) is 15.1. The number of halogens is 4. The highest BCUT2D eigenvalue weighted by Crippen LogP contribution is 2.39. The molecule has 0 spiro atoms. The van der Waals surface area contributed by atoms with E-state index in [1.54, 1.807) is 27.7 Å². The van der Waals surface area contributed by atoms with Gasteiger partial charge in [0.1, 0.15) is 29.4 Å². The van der Waals surface area contributed by atoms with E-state index in [4.69, 9.17) is 21.1 Å². The van der Waals surface area contributed by atoms with E-state index < -0.39 is 29.0 Å². The number of benzene rings is 1. The van der Waals surface area contributed by atoms with Crippen LogP contribution in [0.4, 0.5) is 18.0 Å². The Balaban J connectivity index is 2.31. The van der Waals surface area contributed by atoms with Crippen LogP contribution >= 0.6 is 11.6 Å². The quantitative estimate of drug-likeness (QED) is 0.450. The lowest BCUT2D eigenvalue weighted by Gasteiger charge is -2.33. The fourth-order valence-corrected chi connectivity index (χ4v) is 3.45. The van der Waals surface area contributed by atoms with Crippen LogP contribution in [0.3, 0.4) is 0 Å². The first-order valence-electron chi connectivity index (χ1n) is 10.4. The fourth-order valence-electron chi connectivity index (χ4n) is 3.31. The number of alkyl carbamates (subject to hydrolysis) is 1. The molecule has 1 amide bonds. The molecule has 182 valence electrons. The van der Waals surface area contributed by atoms with Crippen molar-refractivity contribution in [1.82, 2.24) is 15.3 Å². The lowest BCUT2D eigenvalue weighted by molar-refractivity contribution is -0.139. The number of ether oxygens (including phenoxy) is 2. The van der Waals surface area contributed by atoms with Crippen LogP contribution in [-0.2, 0) is 10.9 Å². The van der Waals surface area contributed by atoms with E-state index in [9.17, 15) is 18.0 Å². The van der Waals surface area contributed by atoms with Gasteiger partial charge in [0.2, 0.25) is 0 Å². The normalized spacial score (nSPS) is 14.0. The van der Waals surface area contributed by atoms with Crippen molar-refractivity contribution >= 4 is 17.7 Å². The van der Waals surface area contributed by atoms with Gasteiger partial charge in [-0.1, -0.05) is 25.4 Å². The largest absolute Gasteiger partial charge is 0.489 e. The number of carbonyl (C=O) groups excluding carboxylic acids is 1. The number of hydrogen-bond donors (Lipinski definition) is 1. The number of hydrogen-bond acceptors (Lipinski definition) is 5. The van der Waals surface area contributed by atoms with Crippen molar-refractivity contribution in [2.75, 3.05) is 6.61 Å². The second kappa shape index (κ2) is 10.2. The second-order valence-corrected chi connectivity index (χ2v) is 9.92. The van der Waals surface area contributed by atoms with Gasteiger partial charge in [-0.15, -0.1) is 0 Å². The molecule has 0 aliphatic heterocycles. The summed E-state index contributed by atoms with van der Waals surface area (Å²) >= 11 is 5.83. The zero-order valence-corrected chi connectivity index (χ0v) is 20.3. The Morgan fingerprint density at radius 3 is 2.33 bits per heavy atom. The van der Waals surface area contributed by atoms with Crippen molar-refractivity contribution < 1.29 is 27.4 Å². The zero-order valence-electron chi connectivity index (χ0n) is 19.5. The molecule has 10 heteroatoms. The predicted octanol–water partition coefficient (Wildman–Crippen LogP) is 6.52. The zero-order chi connectivity index (χ0) is 25.0. The molecule has 1 aromatic heterocycles. The molecule has 0 bridgehead atoms. The molecule has 0 aliphatic rings. The highest BCUT2D eigenvalue weighted by molar-refractivity contribution is 6.29. The maximum Gasteiger partial charge on any atom is 0.419 e. The van der Waals surface area contributed by atoms with Crippen molar-refractivity contribution in [2.45, 2.75) is 65.3 Å². The van der Waals surface area contributed by atoms with Gasteiger partial charge in [0.05, 0.1) is 11.3 Å². The molecule has 1 aromatic carbocycles. The van der Waals surface area contributed by atoms with E-state index in [0.29, 0.717) is 6.42 Å². The second-order valence-electron chi connectivity index (χ2n) is 9.54. The summed E-state index contributed by atoms with van der Waals surface area (Å²) in [5.41, 5.74) is -2.19. The molecule has 0 saturated carbocycles. The minimum absolute atomic E-state index is 0.105. The molecular weight excluding hydrogens is 459 g/mol. The average Bonchev–Trinajstić information content (AvgIpc) is 2.63. The molecule has 1 heterocycles. The molecule has 1 N–H and O–H groups in total. The van der Waals surface area contributed by atoms with Crippen LogP contribution in [0, 0.1) is 5.92 Å². The number of rotatable bonds is 7. The smallest absolute Gasteiger partial charge is 0.419 e. The van der Waals surface area contributed by atoms with Gasteiger partial charge in [0.15, 0.2) is 0 Å². The van der Waals surface area contributed by atoms with Crippen LogP contribution in [0.2, 0.25) is 5.15 Å². The van der Waals surface area contributed by atoms with Gasteiger partial charge in [-0.05, 0) is 58.2 Å². The summed E-state index contributed by atoms with van der Waals surface area (Å²) < 4.78 is 52.6. The van der Waals surface area contributed by atoms with Gasteiger partial charge in [0, 0.05) is 17.2 Å². The third kappa shape index (κ3) is 8.38. The molecule has 33 heavy (non-hydrogen) atoms. The van der Waals surface area contributed by atoms with Gasteiger partial charge < -0.3 is 14.8 Å². The van der Waals surface area contributed by atoms with Crippen molar-refractivity contribution in [2.24, 2.45) is 5.92 Å². The molecule has 0 fully saturated rings. The van der Waals surface area contributed by atoms with Crippen LogP contribution in [0.5, 0.6) is 5.75 Å². The summed E-state index contributed by atoms with van der Waals surface area (Å²) in [5.74, 6) is -0.269. The topological polar surface area (TPSA) is 73.3 Å². The van der Waals surface area contributed by atoms with Crippen molar-refractivity contribution in [3.05, 3.63) is 41.3 Å². The monoisotopic (exact) mass is 487 g/mol. The lowest BCUT2D eigenvalue weighted by Crippen LogP contribution is -2.47. The number of alkyl halides is 3. The summed E-state index contributed by atoms with van der Waals surface area (Å²) in [6.45, 7) is 10.6. The van der Waals surface area contributed by atoms with Gasteiger partial charge in [-0.25, -0.2) is 14.8 Å². The summed E-state index contributed by atoms with van der Waals surface area (Å²) in [4.78, 5) is 20.0. The SMILES string of the molecule is CC(C)C[C@@](C)(COc1ccc(-c2cc(Cl)ncn2)cc1C(F)(F)F)OC(=O)NC(C)(C)C. The van der Waals surface area contributed by atoms with E-state index in [1.807, 2.05) is 13.8 Å². The van der Waals surface area contributed by atoms with E-state index in [-0.39, 0.29) is 34.7 Å². The van der Waals surface area contributed by atoms with Gasteiger partial charge in [-0.2, -0.15) is 13.2 Å². The van der Waals surface area contributed by atoms with Crippen LogP contribution in [0.25, 0.3) is 11.3 Å². The van der Waals surface area contributed by atoms with Crippen molar-refractivity contribution in [1.29, 1.82) is 0 Å². The standard InChI is InChI=1S/C23H29ClF3N3O3/c1-14(2)11-22(6,33-20(31)30-21(3,4)5)12-32-18-8-7-15(9-16(18)23(25,26)27)17-10-19(24)29-13-28-17/h7-10,13-14H,11-12H2,1-6H3,(H,30,31)/t22-/m0/s1. The third-order valence-electron chi connectivity index (χ3n) is 4.40. The molecule has 0 unspecified atom stereocenters. The van der Waals surface area contributed by atoms with Crippen LogP contribution in [0.1, 0.15) is 53.5 Å². The Morgan fingerprint density at radius 1 is 1.12 bits per heavy atom. The van der Waals surface area contributed by atoms with E-state index in [2.05, 4.69) is 15.3 Å². The molecule has 0 radical (unpaired) electrons. The highest BCUT2D eigenvalue weighted by Gasteiger charge is 2.37. The molecule has 1 atom stereocenters. The predicted molar refractivity (Wildman–Crippen MR) is 120 cm³/mol. The van der Waals surface area contributed by atoms with Gasteiger partial charge in [0.25, 0.3) is 0 Å². The molecule has 6 nitrogen and oxygen atoms in total. The molecule has 0 saturated heterocycles. The van der Waals surface area contributed by atoms with Crippen LogP contribution in [-0.4, -0.2) is 33.8 Å². The maximum atomic E-state index is 13.8. The maximum absolute atomic E-state index is 13.8. The third-order valence-corrected chi connectivity index (χ3v) is 4.61. The molecule has 0 aliphatic carbocycles. The summed E-state index contributed by atoms with van der Waals surface area (Å²) in [6, 6.07) is 5.00. The van der Waals surface area contributed by atoms with E-state index >= 15 is 0 Å². The van der Waals surface area contributed by atoms with Gasteiger partial charge >= 0.3 is 12.3 Å². The molecule has 2 rings (SSSR count). The summed E-state index contributed by atoms with van der Waals surface area (Å²) in [7, 11) is 0. The number of nitrogens with zero attached hydrogens (tertiary/aromatic N) is 2. The van der Waals surface area contributed by atoms with Crippen molar-refractivity contribution in [3.8, 4) is 17.0 Å². The summed E-state index contributed by atoms with van der Waals surface area (Å²) in [5, 5.41) is 2.81. The Hall–Kier alpha value is -2.55. The number of nitrogens with one attached hydrogen (secondary N) is 1. The number of amides is 1. The lowest BCUT2D eigenvalue weighted by atomic mass is 9.94. The first-order valence-corrected chi connectivity index (χ1v) is 10.8.